The molecule has 0 saturated carbocycles. The molecule has 3 rings (SSSR count). The number of halogens is 1. The van der Waals surface area contributed by atoms with Gasteiger partial charge in [0.05, 0.1) is 12.7 Å². The topological polar surface area (TPSA) is 83.0 Å². The smallest absolute Gasteiger partial charge is 0.337 e. The van der Waals surface area contributed by atoms with Gasteiger partial charge in [-0.1, -0.05) is 42.1 Å². The number of hydrogen-bond donors (Lipinski definition) is 1. The van der Waals surface area contributed by atoms with Crippen LogP contribution in [0.1, 0.15) is 27.3 Å². The molecule has 134 valence electrons. The van der Waals surface area contributed by atoms with Crippen molar-refractivity contribution in [2.45, 2.75) is 17.3 Å². The summed E-state index contributed by atoms with van der Waals surface area (Å²) in [5.74, 6) is 6.46. The molecule has 26 heavy (non-hydrogen) atoms. The van der Waals surface area contributed by atoms with Crippen LogP contribution < -0.4 is 5.84 Å². The van der Waals surface area contributed by atoms with E-state index in [0.29, 0.717) is 27.9 Å². The number of carbonyl (C=O) groups is 1. The number of esters is 1. The van der Waals surface area contributed by atoms with Crippen molar-refractivity contribution in [3.63, 3.8) is 0 Å². The number of hydrogen-bond acceptors (Lipinski definition) is 6. The maximum Gasteiger partial charge on any atom is 0.337 e. The Labute approximate surface area is 154 Å². The highest BCUT2D eigenvalue weighted by Gasteiger charge is 2.13. The van der Waals surface area contributed by atoms with E-state index in [1.807, 2.05) is 12.1 Å². The van der Waals surface area contributed by atoms with Crippen LogP contribution in [-0.4, -0.2) is 28.0 Å². The second kappa shape index (κ2) is 8.01. The third kappa shape index (κ3) is 4.02. The number of rotatable bonds is 6. The summed E-state index contributed by atoms with van der Waals surface area (Å²) in [7, 11) is 1.35. The molecule has 0 bridgehead atoms. The van der Waals surface area contributed by atoms with Crippen LogP contribution in [-0.2, 0) is 16.9 Å². The lowest BCUT2D eigenvalue weighted by Crippen LogP contribution is -2.14. The molecule has 0 fully saturated rings. The molecular weight excluding hydrogens is 355 g/mol. The fourth-order valence-electron chi connectivity index (χ4n) is 2.34. The van der Waals surface area contributed by atoms with Crippen LogP contribution in [0.15, 0.2) is 53.7 Å². The lowest BCUT2D eigenvalue weighted by Gasteiger charge is -2.05. The molecule has 1 heterocycles. The predicted molar refractivity (Wildman–Crippen MR) is 96.7 cm³/mol. The first-order valence-electron chi connectivity index (χ1n) is 7.81. The van der Waals surface area contributed by atoms with Crippen molar-refractivity contribution in [3.05, 3.63) is 76.9 Å². The summed E-state index contributed by atoms with van der Waals surface area (Å²) < 4.78 is 19.8. The average molecular weight is 372 g/mol. The largest absolute Gasteiger partial charge is 0.465 e. The summed E-state index contributed by atoms with van der Waals surface area (Å²) in [5, 5.41) is 8.66. The number of nitrogens with two attached hydrogens (primary N) is 1. The molecule has 0 atom stereocenters. The Morgan fingerprint density at radius 2 is 1.92 bits per heavy atom. The Hall–Kier alpha value is -2.87. The average Bonchev–Trinajstić information content (AvgIpc) is 3.01. The monoisotopic (exact) mass is 372 g/mol. The SMILES string of the molecule is COC(=O)c1ccc(CSc2nnc(Cc3ccccc3F)n2N)cc1. The van der Waals surface area contributed by atoms with Gasteiger partial charge in [-0.2, -0.15) is 0 Å². The van der Waals surface area contributed by atoms with Crippen molar-refractivity contribution in [2.24, 2.45) is 0 Å². The minimum Gasteiger partial charge on any atom is -0.465 e. The zero-order valence-electron chi connectivity index (χ0n) is 14.1. The standard InChI is InChI=1S/C18H17FN4O2S/c1-25-17(24)13-8-6-12(7-9-13)11-26-18-22-21-16(23(18)20)10-14-4-2-3-5-15(14)19/h2-9H,10-11,20H2,1H3. The number of aromatic nitrogens is 3. The van der Waals surface area contributed by atoms with Gasteiger partial charge in [-0.3, -0.25) is 0 Å². The molecule has 0 spiro atoms. The maximum atomic E-state index is 13.8. The molecule has 6 nitrogen and oxygen atoms in total. The second-order valence-corrected chi connectivity index (χ2v) is 6.46. The van der Waals surface area contributed by atoms with Crippen molar-refractivity contribution in [3.8, 4) is 0 Å². The molecule has 8 heteroatoms. The Kier molecular flexibility index (Phi) is 5.52. The van der Waals surface area contributed by atoms with E-state index in [1.165, 1.54) is 29.6 Å². The molecular formula is C18H17FN4O2S. The molecule has 3 aromatic rings. The van der Waals surface area contributed by atoms with E-state index >= 15 is 0 Å². The summed E-state index contributed by atoms with van der Waals surface area (Å²) in [6.07, 6.45) is 0.268. The number of nitrogen functional groups attached to an aromatic ring is 1. The van der Waals surface area contributed by atoms with Crippen LogP contribution >= 0.6 is 11.8 Å². The van der Waals surface area contributed by atoms with Gasteiger partial charge in [0.15, 0.2) is 5.82 Å². The van der Waals surface area contributed by atoms with Gasteiger partial charge in [0.2, 0.25) is 5.16 Å². The second-order valence-electron chi connectivity index (χ2n) is 5.51. The fraction of sp³-hybridized carbons (Fsp3) is 0.167. The number of methoxy groups -OCH3 is 1. The van der Waals surface area contributed by atoms with Gasteiger partial charge < -0.3 is 10.6 Å². The highest BCUT2D eigenvalue weighted by molar-refractivity contribution is 7.98. The predicted octanol–water partition coefficient (Wildman–Crippen LogP) is 2.80. The van der Waals surface area contributed by atoms with Crippen LogP contribution in [0.4, 0.5) is 4.39 Å². The summed E-state index contributed by atoms with van der Waals surface area (Å²) in [5.41, 5.74) is 2.01. The van der Waals surface area contributed by atoms with Gasteiger partial charge in [0.1, 0.15) is 5.82 Å². The molecule has 0 amide bonds. The first-order valence-corrected chi connectivity index (χ1v) is 8.80. The van der Waals surface area contributed by atoms with Crippen LogP contribution in [0.25, 0.3) is 0 Å². The normalized spacial score (nSPS) is 10.7. The Balaban J connectivity index is 1.65. The van der Waals surface area contributed by atoms with Gasteiger partial charge in [0, 0.05) is 12.2 Å². The van der Waals surface area contributed by atoms with Crippen LogP contribution in [0.3, 0.4) is 0 Å². The van der Waals surface area contributed by atoms with Crippen LogP contribution in [0, 0.1) is 5.82 Å². The molecule has 0 unspecified atom stereocenters. The maximum absolute atomic E-state index is 13.8. The molecule has 0 aliphatic rings. The van der Waals surface area contributed by atoms with Gasteiger partial charge >= 0.3 is 5.97 Å². The molecule has 2 N–H and O–H groups in total. The fourth-order valence-corrected chi connectivity index (χ4v) is 3.17. The number of benzene rings is 2. The van der Waals surface area contributed by atoms with Gasteiger partial charge in [-0.25, -0.2) is 13.9 Å². The molecule has 0 saturated heterocycles. The van der Waals surface area contributed by atoms with Crippen LogP contribution in [0.2, 0.25) is 0 Å². The third-order valence-electron chi connectivity index (χ3n) is 3.78. The van der Waals surface area contributed by atoms with Crippen molar-refractivity contribution < 1.29 is 13.9 Å². The zero-order chi connectivity index (χ0) is 18.5. The number of nitrogens with zero attached hydrogens (tertiary/aromatic N) is 3. The number of thioether (sulfide) groups is 1. The highest BCUT2D eigenvalue weighted by atomic mass is 32.2. The Morgan fingerprint density at radius 3 is 2.62 bits per heavy atom. The molecule has 0 radical (unpaired) electrons. The summed E-state index contributed by atoms with van der Waals surface area (Å²) in [6, 6.07) is 13.6. The summed E-state index contributed by atoms with van der Waals surface area (Å²) in [6.45, 7) is 0. The Bertz CT molecular complexity index is 912. The quantitative estimate of drug-likeness (QED) is 0.407. The van der Waals surface area contributed by atoms with E-state index in [0.717, 1.165) is 5.56 Å². The van der Waals surface area contributed by atoms with Crippen LogP contribution in [0.5, 0.6) is 0 Å². The third-order valence-corrected chi connectivity index (χ3v) is 4.80. The lowest BCUT2D eigenvalue weighted by molar-refractivity contribution is 0.0600. The molecule has 0 aliphatic carbocycles. The van der Waals surface area contributed by atoms with E-state index in [-0.39, 0.29) is 18.2 Å². The summed E-state index contributed by atoms with van der Waals surface area (Å²) >= 11 is 1.41. The van der Waals surface area contributed by atoms with E-state index < -0.39 is 0 Å². The highest BCUT2D eigenvalue weighted by Crippen LogP contribution is 2.22. The molecule has 0 aliphatic heterocycles. The van der Waals surface area contributed by atoms with E-state index in [4.69, 9.17) is 5.84 Å². The Morgan fingerprint density at radius 1 is 1.19 bits per heavy atom. The van der Waals surface area contributed by atoms with Gasteiger partial charge in [0.25, 0.3) is 0 Å². The van der Waals surface area contributed by atoms with Crippen molar-refractivity contribution in [2.75, 3.05) is 13.0 Å². The molecule has 1 aromatic heterocycles. The number of carbonyl (C=O) groups excluding carboxylic acids is 1. The number of ether oxygens (including phenoxy) is 1. The zero-order valence-corrected chi connectivity index (χ0v) is 14.9. The van der Waals surface area contributed by atoms with E-state index in [2.05, 4.69) is 14.9 Å². The van der Waals surface area contributed by atoms with Gasteiger partial charge in [-0.05, 0) is 29.3 Å². The lowest BCUT2D eigenvalue weighted by atomic mass is 10.1. The summed E-state index contributed by atoms with van der Waals surface area (Å²) in [4.78, 5) is 11.4. The van der Waals surface area contributed by atoms with E-state index in [9.17, 15) is 9.18 Å². The minimum absolute atomic E-state index is 0.268. The van der Waals surface area contributed by atoms with Gasteiger partial charge in [-0.15, -0.1) is 10.2 Å². The first kappa shape index (κ1) is 17.9. The van der Waals surface area contributed by atoms with Crippen molar-refractivity contribution >= 4 is 17.7 Å². The van der Waals surface area contributed by atoms with E-state index in [1.54, 1.807) is 30.3 Å². The molecule has 2 aromatic carbocycles. The van der Waals surface area contributed by atoms with Crippen molar-refractivity contribution in [1.82, 2.24) is 14.9 Å². The first-order chi connectivity index (χ1) is 12.6. The van der Waals surface area contributed by atoms with Crippen molar-refractivity contribution in [1.29, 1.82) is 0 Å². The minimum atomic E-state index is -0.372.